The fourth-order valence-corrected chi connectivity index (χ4v) is 1.88. The maximum atomic E-state index is 12.8. The molecule has 0 fully saturated rings. The highest BCUT2D eigenvalue weighted by Gasteiger charge is 2.10. The van der Waals surface area contributed by atoms with E-state index in [0.717, 1.165) is 6.08 Å². The Hall–Kier alpha value is -3.18. The van der Waals surface area contributed by atoms with Crippen LogP contribution in [-0.2, 0) is 4.79 Å². The molecule has 0 aliphatic carbocycles. The number of hydrogen-bond donors (Lipinski definition) is 4. The molecule has 7 heteroatoms. The summed E-state index contributed by atoms with van der Waals surface area (Å²) in [4.78, 5) is 10.3. The lowest BCUT2D eigenvalue weighted by atomic mass is 10.1. The van der Waals surface area contributed by atoms with E-state index in [2.05, 4.69) is 11.8 Å². The average Bonchev–Trinajstić information content (AvgIpc) is 2.69. The van der Waals surface area contributed by atoms with E-state index in [4.69, 9.17) is 9.84 Å². The van der Waals surface area contributed by atoms with Crippen molar-refractivity contribution >= 4 is 5.97 Å². The Morgan fingerprint density at radius 2 is 1.76 bits per heavy atom. The van der Waals surface area contributed by atoms with Crippen molar-refractivity contribution in [2.75, 3.05) is 6.61 Å². The van der Waals surface area contributed by atoms with Gasteiger partial charge >= 0.3 is 5.97 Å². The van der Waals surface area contributed by atoms with Gasteiger partial charge in [0.15, 0.2) is 0 Å². The van der Waals surface area contributed by atoms with Crippen LogP contribution < -0.4 is 4.74 Å². The summed E-state index contributed by atoms with van der Waals surface area (Å²) in [6.45, 7) is 0.00422. The van der Waals surface area contributed by atoms with E-state index in [-0.39, 0.29) is 18.8 Å². The monoisotopic (exact) mass is 402 g/mol. The van der Waals surface area contributed by atoms with Gasteiger partial charge in [-0.1, -0.05) is 36.1 Å². The maximum Gasteiger partial charge on any atom is 0.327 e. The number of aliphatic carboxylic acids is 1. The van der Waals surface area contributed by atoms with Gasteiger partial charge in [0.2, 0.25) is 0 Å². The van der Waals surface area contributed by atoms with Crippen LogP contribution in [0.25, 0.3) is 0 Å². The summed E-state index contributed by atoms with van der Waals surface area (Å²) >= 11 is 0. The minimum atomic E-state index is -1.14. The highest BCUT2D eigenvalue weighted by atomic mass is 19.1. The maximum absolute atomic E-state index is 12.8. The van der Waals surface area contributed by atoms with Gasteiger partial charge in [-0.05, 0) is 48.9 Å². The Labute approximate surface area is 168 Å². The zero-order chi connectivity index (χ0) is 21.5. The van der Waals surface area contributed by atoms with Gasteiger partial charge in [0.25, 0.3) is 0 Å². The standard InChI is InChI=1S/C22H23FO6/c23-17-12-14-19(15-13-17)29-16-18(24)8-5-3-1-2-4-6-9-20(25)21(26)10-7-11-22(27)28/h2,4-9,11-15,18,20-21,24-26H,10,16H2,(H,27,28)/b4-2+,8-5+,9-6+,11-7+/t18-,20+,21-/m0/s1. The van der Waals surface area contributed by atoms with Crippen LogP contribution >= 0.6 is 0 Å². The van der Waals surface area contributed by atoms with Gasteiger partial charge in [0, 0.05) is 6.08 Å². The Bertz CT molecular complexity index is 799. The topological polar surface area (TPSA) is 107 Å². The molecule has 0 amide bonds. The molecule has 0 saturated heterocycles. The van der Waals surface area contributed by atoms with Crippen molar-refractivity contribution < 1.29 is 34.3 Å². The van der Waals surface area contributed by atoms with E-state index in [9.17, 15) is 24.5 Å². The van der Waals surface area contributed by atoms with E-state index in [1.807, 2.05) is 0 Å². The van der Waals surface area contributed by atoms with Gasteiger partial charge in [-0.3, -0.25) is 0 Å². The van der Waals surface area contributed by atoms with E-state index >= 15 is 0 Å². The van der Waals surface area contributed by atoms with Crippen molar-refractivity contribution in [1.82, 2.24) is 0 Å². The normalized spacial score (nSPS) is 14.9. The second-order valence-corrected chi connectivity index (χ2v) is 5.76. The first-order valence-electron chi connectivity index (χ1n) is 8.71. The molecular formula is C22H23FO6. The van der Waals surface area contributed by atoms with Crippen molar-refractivity contribution in [2.45, 2.75) is 24.7 Å². The molecule has 0 unspecified atom stereocenters. The predicted octanol–water partition coefficient (Wildman–Crippen LogP) is 1.99. The first kappa shape index (κ1) is 23.9. The number of carbonyl (C=O) groups is 1. The number of aliphatic hydroxyl groups excluding tert-OH is 3. The number of ether oxygens (including phenoxy) is 1. The molecule has 0 radical (unpaired) electrons. The largest absolute Gasteiger partial charge is 0.491 e. The molecule has 6 nitrogen and oxygen atoms in total. The second-order valence-electron chi connectivity index (χ2n) is 5.76. The summed E-state index contributed by atoms with van der Waals surface area (Å²) in [7, 11) is 0. The number of allylic oxidation sites excluding steroid dienone is 4. The Kier molecular flexibility index (Phi) is 11.4. The SMILES string of the molecule is O=C(O)/C=C/C[C@H](O)[C@H](O)/C=C/C=C/C#C/C=C/[C@H](O)COc1ccc(F)cc1. The molecule has 0 aromatic heterocycles. The molecule has 1 rings (SSSR count). The van der Waals surface area contributed by atoms with Gasteiger partial charge in [0.1, 0.15) is 24.3 Å². The quantitative estimate of drug-likeness (QED) is 0.271. The van der Waals surface area contributed by atoms with E-state index < -0.39 is 24.3 Å². The molecule has 1 aromatic rings. The second kappa shape index (κ2) is 13.9. The summed E-state index contributed by atoms with van der Waals surface area (Å²) < 4.78 is 18.1. The zero-order valence-corrected chi connectivity index (χ0v) is 15.6. The molecule has 0 aliphatic heterocycles. The minimum absolute atomic E-state index is 0.00422. The van der Waals surface area contributed by atoms with Crippen LogP contribution in [0.15, 0.2) is 72.9 Å². The molecule has 29 heavy (non-hydrogen) atoms. The summed E-state index contributed by atoms with van der Waals surface area (Å²) in [5.41, 5.74) is 0. The number of rotatable bonds is 10. The Morgan fingerprint density at radius 3 is 2.45 bits per heavy atom. The lowest BCUT2D eigenvalue weighted by Crippen LogP contribution is -2.22. The third kappa shape index (κ3) is 12.0. The molecule has 4 N–H and O–H groups in total. The fraction of sp³-hybridized carbons (Fsp3) is 0.227. The summed E-state index contributed by atoms with van der Waals surface area (Å²) in [6, 6.07) is 5.46. The molecule has 0 heterocycles. The third-order valence-electron chi connectivity index (χ3n) is 3.35. The van der Waals surface area contributed by atoms with Crippen molar-refractivity contribution in [3.63, 3.8) is 0 Å². The third-order valence-corrected chi connectivity index (χ3v) is 3.35. The first-order valence-corrected chi connectivity index (χ1v) is 8.71. The van der Waals surface area contributed by atoms with E-state index in [0.29, 0.717) is 5.75 Å². The van der Waals surface area contributed by atoms with Gasteiger partial charge in [0.05, 0.1) is 12.2 Å². The summed E-state index contributed by atoms with van der Waals surface area (Å²) in [5.74, 6) is 4.33. The van der Waals surface area contributed by atoms with Crippen molar-refractivity contribution in [3.8, 4) is 17.6 Å². The first-order chi connectivity index (χ1) is 13.9. The lowest BCUT2D eigenvalue weighted by molar-refractivity contribution is -0.131. The molecule has 0 aliphatic rings. The van der Waals surface area contributed by atoms with Gasteiger partial charge in [-0.15, -0.1) is 0 Å². The Morgan fingerprint density at radius 1 is 1.07 bits per heavy atom. The molecule has 3 atom stereocenters. The van der Waals surface area contributed by atoms with Crippen LogP contribution in [0.1, 0.15) is 6.42 Å². The van der Waals surface area contributed by atoms with E-state index in [1.54, 1.807) is 6.08 Å². The Balaban J connectivity index is 2.30. The molecular weight excluding hydrogens is 379 g/mol. The summed E-state index contributed by atoms with van der Waals surface area (Å²) in [5, 5.41) is 37.5. The van der Waals surface area contributed by atoms with E-state index in [1.165, 1.54) is 60.7 Å². The highest BCUT2D eigenvalue weighted by Crippen LogP contribution is 2.11. The van der Waals surface area contributed by atoms with Gasteiger partial charge in [-0.2, -0.15) is 0 Å². The number of carboxylic acid groups (broad SMARTS) is 1. The number of benzene rings is 1. The van der Waals surface area contributed by atoms with Crippen molar-refractivity contribution in [2.24, 2.45) is 0 Å². The number of carboxylic acids is 1. The predicted molar refractivity (Wildman–Crippen MR) is 107 cm³/mol. The van der Waals surface area contributed by atoms with Crippen LogP contribution in [0.2, 0.25) is 0 Å². The fourth-order valence-electron chi connectivity index (χ4n) is 1.88. The smallest absolute Gasteiger partial charge is 0.327 e. The molecule has 154 valence electrons. The molecule has 0 bridgehead atoms. The van der Waals surface area contributed by atoms with Gasteiger partial charge < -0.3 is 25.2 Å². The van der Waals surface area contributed by atoms with Crippen LogP contribution in [-0.4, -0.2) is 51.3 Å². The van der Waals surface area contributed by atoms with Gasteiger partial charge in [-0.25, -0.2) is 9.18 Å². The minimum Gasteiger partial charge on any atom is -0.491 e. The molecule has 0 spiro atoms. The molecule has 1 aromatic carbocycles. The van der Waals surface area contributed by atoms with Crippen LogP contribution in [0.5, 0.6) is 5.75 Å². The molecule has 0 saturated carbocycles. The highest BCUT2D eigenvalue weighted by molar-refractivity contribution is 5.79. The number of hydrogen-bond acceptors (Lipinski definition) is 5. The van der Waals surface area contributed by atoms with Crippen LogP contribution in [0.3, 0.4) is 0 Å². The van der Waals surface area contributed by atoms with Crippen molar-refractivity contribution in [3.05, 3.63) is 78.7 Å². The van der Waals surface area contributed by atoms with Crippen molar-refractivity contribution in [1.29, 1.82) is 0 Å². The number of aliphatic hydroxyl groups is 3. The zero-order valence-electron chi connectivity index (χ0n) is 15.6. The van der Waals surface area contributed by atoms with Crippen LogP contribution in [0, 0.1) is 17.7 Å². The summed E-state index contributed by atoms with van der Waals surface area (Å²) in [6.07, 6.45) is 7.87. The average molecular weight is 402 g/mol. The van der Waals surface area contributed by atoms with Crippen LogP contribution in [0.4, 0.5) is 4.39 Å². The lowest BCUT2D eigenvalue weighted by Gasteiger charge is -2.11. The number of halogens is 1.